The van der Waals surface area contributed by atoms with Gasteiger partial charge in [-0.15, -0.1) is 0 Å². The van der Waals surface area contributed by atoms with E-state index in [1.54, 1.807) is 13.0 Å². The molecule has 0 aromatic rings. The molecule has 0 heterocycles. The van der Waals surface area contributed by atoms with E-state index in [4.69, 9.17) is 14.2 Å². The SMILES string of the molecule is CCOC(=O)/C=C/CC(OCC)OCC. The predicted octanol–water partition coefficient (Wildman–Crippen LogP) is 1.89. The van der Waals surface area contributed by atoms with Crippen molar-refractivity contribution in [2.45, 2.75) is 33.5 Å². The van der Waals surface area contributed by atoms with E-state index in [1.165, 1.54) is 6.08 Å². The summed E-state index contributed by atoms with van der Waals surface area (Å²) >= 11 is 0. The van der Waals surface area contributed by atoms with Crippen LogP contribution in [-0.4, -0.2) is 32.1 Å². The van der Waals surface area contributed by atoms with Crippen molar-refractivity contribution < 1.29 is 19.0 Å². The van der Waals surface area contributed by atoms with Gasteiger partial charge < -0.3 is 14.2 Å². The van der Waals surface area contributed by atoms with Crippen LogP contribution in [0.15, 0.2) is 12.2 Å². The van der Waals surface area contributed by atoms with Crippen LogP contribution in [0.3, 0.4) is 0 Å². The molecule has 0 atom stereocenters. The fraction of sp³-hybridized carbons (Fsp3) is 0.727. The average molecular weight is 216 g/mol. The van der Waals surface area contributed by atoms with Gasteiger partial charge in [0.1, 0.15) is 0 Å². The highest BCUT2D eigenvalue weighted by Crippen LogP contribution is 2.02. The zero-order chi connectivity index (χ0) is 11.5. The molecule has 15 heavy (non-hydrogen) atoms. The molecule has 0 aromatic heterocycles. The lowest BCUT2D eigenvalue weighted by molar-refractivity contribution is -0.137. The maximum absolute atomic E-state index is 10.9. The summed E-state index contributed by atoms with van der Waals surface area (Å²) in [6.45, 7) is 7.16. The molecule has 4 heteroatoms. The highest BCUT2D eigenvalue weighted by atomic mass is 16.7. The van der Waals surface area contributed by atoms with Gasteiger partial charge in [-0.25, -0.2) is 4.79 Å². The lowest BCUT2D eigenvalue weighted by Crippen LogP contribution is -2.16. The minimum atomic E-state index is -0.329. The van der Waals surface area contributed by atoms with E-state index in [-0.39, 0.29) is 12.3 Å². The third kappa shape index (κ3) is 8.15. The molecule has 0 fully saturated rings. The molecule has 88 valence electrons. The van der Waals surface area contributed by atoms with Crippen LogP contribution in [0, 0.1) is 0 Å². The summed E-state index contributed by atoms with van der Waals surface area (Å²) in [5.41, 5.74) is 0. The standard InChI is InChI=1S/C11H20O4/c1-4-13-10(12)8-7-9-11(14-5-2)15-6-3/h7-8,11H,4-6,9H2,1-3H3/b8-7+. The second-order valence-corrected chi connectivity index (χ2v) is 2.73. The zero-order valence-electron chi connectivity index (χ0n) is 9.69. The minimum Gasteiger partial charge on any atom is -0.463 e. The highest BCUT2D eigenvalue weighted by Gasteiger charge is 2.05. The highest BCUT2D eigenvalue weighted by molar-refractivity contribution is 5.81. The number of carbonyl (C=O) groups is 1. The fourth-order valence-corrected chi connectivity index (χ4v) is 1.02. The molecule has 4 nitrogen and oxygen atoms in total. The normalized spacial score (nSPS) is 11.2. The van der Waals surface area contributed by atoms with Gasteiger partial charge in [0, 0.05) is 25.7 Å². The molecule has 0 aliphatic carbocycles. The van der Waals surface area contributed by atoms with Crippen LogP contribution in [0.2, 0.25) is 0 Å². The molecule has 0 spiro atoms. The molecule has 0 aromatic carbocycles. The number of carbonyl (C=O) groups excluding carboxylic acids is 1. The van der Waals surface area contributed by atoms with E-state index in [1.807, 2.05) is 13.8 Å². The van der Waals surface area contributed by atoms with Crippen molar-refractivity contribution in [3.8, 4) is 0 Å². The van der Waals surface area contributed by atoms with Crippen LogP contribution in [0.5, 0.6) is 0 Å². The molecule has 0 N–H and O–H groups in total. The molecule has 0 radical (unpaired) electrons. The van der Waals surface area contributed by atoms with Gasteiger partial charge in [-0.3, -0.25) is 0 Å². The van der Waals surface area contributed by atoms with E-state index < -0.39 is 0 Å². The van der Waals surface area contributed by atoms with E-state index in [0.29, 0.717) is 26.2 Å². The first-order valence-corrected chi connectivity index (χ1v) is 5.31. The molecular weight excluding hydrogens is 196 g/mol. The lowest BCUT2D eigenvalue weighted by atomic mass is 10.3. The van der Waals surface area contributed by atoms with Crippen LogP contribution < -0.4 is 0 Å². The summed E-state index contributed by atoms with van der Waals surface area (Å²) < 4.78 is 15.3. The van der Waals surface area contributed by atoms with Crippen LogP contribution in [-0.2, 0) is 19.0 Å². The lowest BCUT2D eigenvalue weighted by Gasteiger charge is -2.14. The Bertz CT molecular complexity index is 183. The molecule has 0 saturated carbocycles. The number of esters is 1. The van der Waals surface area contributed by atoms with Crippen molar-refractivity contribution in [1.29, 1.82) is 0 Å². The Balaban J connectivity index is 3.81. The van der Waals surface area contributed by atoms with Crippen molar-refractivity contribution in [3.05, 3.63) is 12.2 Å². The summed E-state index contributed by atoms with van der Waals surface area (Å²) in [7, 11) is 0. The Hall–Kier alpha value is -0.870. The van der Waals surface area contributed by atoms with Crippen molar-refractivity contribution in [1.82, 2.24) is 0 Å². The summed E-state index contributed by atoms with van der Waals surface area (Å²) in [5, 5.41) is 0. The third-order valence-corrected chi connectivity index (χ3v) is 1.57. The van der Waals surface area contributed by atoms with Crippen molar-refractivity contribution in [2.24, 2.45) is 0 Å². The Labute approximate surface area is 91.2 Å². The van der Waals surface area contributed by atoms with Gasteiger partial charge in [-0.2, -0.15) is 0 Å². The van der Waals surface area contributed by atoms with Gasteiger partial charge in [0.25, 0.3) is 0 Å². The zero-order valence-corrected chi connectivity index (χ0v) is 9.69. The van der Waals surface area contributed by atoms with Gasteiger partial charge in [-0.05, 0) is 20.8 Å². The quantitative estimate of drug-likeness (QED) is 0.353. The Morgan fingerprint density at radius 3 is 2.20 bits per heavy atom. The van der Waals surface area contributed by atoms with Gasteiger partial charge in [0.05, 0.1) is 6.61 Å². The number of ether oxygens (including phenoxy) is 3. The maximum Gasteiger partial charge on any atom is 0.330 e. The summed E-state index contributed by atoms with van der Waals surface area (Å²) in [6, 6.07) is 0. The second-order valence-electron chi connectivity index (χ2n) is 2.73. The molecule has 0 aliphatic heterocycles. The van der Waals surface area contributed by atoms with Gasteiger partial charge in [0.2, 0.25) is 0 Å². The first-order chi connectivity index (χ1) is 7.24. The minimum absolute atomic E-state index is 0.273. The van der Waals surface area contributed by atoms with Crippen LogP contribution in [0.4, 0.5) is 0 Å². The van der Waals surface area contributed by atoms with Crippen molar-refractivity contribution in [3.63, 3.8) is 0 Å². The number of hydrogen-bond donors (Lipinski definition) is 0. The van der Waals surface area contributed by atoms with Gasteiger partial charge in [-0.1, -0.05) is 6.08 Å². The van der Waals surface area contributed by atoms with Gasteiger partial charge >= 0.3 is 5.97 Å². The van der Waals surface area contributed by atoms with Crippen LogP contribution >= 0.6 is 0 Å². The first-order valence-electron chi connectivity index (χ1n) is 5.31. The number of hydrogen-bond acceptors (Lipinski definition) is 4. The summed E-state index contributed by atoms with van der Waals surface area (Å²) in [6.07, 6.45) is 3.38. The predicted molar refractivity (Wildman–Crippen MR) is 57.4 cm³/mol. The Morgan fingerprint density at radius 2 is 1.73 bits per heavy atom. The molecule has 0 aliphatic rings. The molecule has 0 unspecified atom stereocenters. The third-order valence-electron chi connectivity index (χ3n) is 1.57. The second kappa shape index (κ2) is 9.68. The van der Waals surface area contributed by atoms with E-state index in [9.17, 15) is 4.79 Å². The molecule has 0 saturated heterocycles. The van der Waals surface area contributed by atoms with E-state index >= 15 is 0 Å². The summed E-state index contributed by atoms with van der Waals surface area (Å²) in [5.74, 6) is -0.329. The Kier molecular flexibility index (Phi) is 9.11. The van der Waals surface area contributed by atoms with Crippen molar-refractivity contribution >= 4 is 5.97 Å². The number of rotatable bonds is 8. The van der Waals surface area contributed by atoms with Crippen molar-refractivity contribution in [2.75, 3.05) is 19.8 Å². The summed E-state index contributed by atoms with van der Waals surface area (Å²) in [4.78, 5) is 10.9. The first kappa shape index (κ1) is 14.1. The molecule has 0 amide bonds. The van der Waals surface area contributed by atoms with Crippen LogP contribution in [0.25, 0.3) is 0 Å². The molecule has 0 rings (SSSR count). The topological polar surface area (TPSA) is 44.8 Å². The fourth-order valence-electron chi connectivity index (χ4n) is 1.02. The molecular formula is C11H20O4. The Morgan fingerprint density at radius 1 is 1.13 bits per heavy atom. The van der Waals surface area contributed by atoms with E-state index in [2.05, 4.69) is 0 Å². The monoisotopic (exact) mass is 216 g/mol. The van der Waals surface area contributed by atoms with E-state index in [0.717, 1.165) is 0 Å². The smallest absolute Gasteiger partial charge is 0.330 e. The van der Waals surface area contributed by atoms with Gasteiger partial charge in [0.15, 0.2) is 6.29 Å². The van der Waals surface area contributed by atoms with Crippen LogP contribution in [0.1, 0.15) is 27.2 Å². The average Bonchev–Trinajstić information content (AvgIpc) is 2.19. The molecule has 0 bridgehead atoms. The maximum atomic E-state index is 10.9. The largest absolute Gasteiger partial charge is 0.463 e.